The van der Waals surface area contributed by atoms with Gasteiger partial charge in [0.15, 0.2) is 0 Å². The number of aromatic nitrogens is 1. The fourth-order valence-electron chi connectivity index (χ4n) is 1.70. The standard InChI is InChI=1S/C14H16N2O/c1-2-3-8-14(17)16-12-9-11-6-4-5-7-13(11)15-10-12/h4-7,9-10H,2-3,8H2,1H3,(H,16,17). The first-order chi connectivity index (χ1) is 8.29. The molecule has 17 heavy (non-hydrogen) atoms. The molecule has 0 fully saturated rings. The third-order valence-electron chi connectivity index (χ3n) is 2.63. The topological polar surface area (TPSA) is 42.0 Å². The van der Waals surface area contributed by atoms with Crippen LogP contribution in [0.3, 0.4) is 0 Å². The summed E-state index contributed by atoms with van der Waals surface area (Å²) in [5.41, 5.74) is 1.71. The van der Waals surface area contributed by atoms with Gasteiger partial charge >= 0.3 is 0 Å². The molecule has 0 saturated carbocycles. The van der Waals surface area contributed by atoms with Gasteiger partial charge in [0.1, 0.15) is 0 Å². The van der Waals surface area contributed by atoms with Gasteiger partial charge in [-0.3, -0.25) is 9.78 Å². The highest BCUT2D eigenvalue weighted by molar-refractivity contribution is 5.92. The lowest BCUT2D eigenvalue weighted by Crippen LogP contribution is -2.11. The Hall–Kier alpha value is -1.90. The normalized spacial score (nSPS) is 10.4. The predicted octanol–water partition coefficient (Wildman–Crippen LogP) is 3.36. The zero-order valence-corrected chi connectivity index (χ0v) is 9.94. The number of nitrogens with zero attached hydrogens (tertiary/aromatic N) is 1. The number of hydrogen-bond acceptors (Lipinski definition) is 2. The van der Waals surface area contributed by atoms with Gasteiger partial charge in [-0.2, -0.15) is 0 Å². The lowest BCUT2D eigenvalue weighted by molar-refractivity contribution is -0.116. The van der Waals surface area contributed by atoms with E-state index in [2.05, 4.69) is 17.2 Å². The molecule has 0 aliphatic carbocycles. The van der Waals surface area contributed by atoms with E-state index in [1.807, 2.05) is 30.3 Å². The van der Waals surface area contributed by atoms with Crippen LogP contribution in [0, 0.1) is 0 Å². The summed E-state index contributed by atoms with van der Waals surface area (Å²) in [5.74, 6) is 0.0592. The number of para-hydroxylation sites is 1. The zero-order valence-electron chi connectivity index (χ0n) is 9.94. The highest BCUT2D eigenvalue weighted by atomic mass is 16.1. The fraction of sp³-hybridized carbons (Fsp3) is 0.286. The minimum atomic E-state index is 0.0592. The van der Waals surface area contributed by atoms with Crippen LogP contribution >= 0.6 is 0 Å². The number of rotatable bonds is 4. The van der Waals surface area contributed by atoms with E-state index in [9.17, 15) is 4.79 Å². The monoisotopic (exact) mass is 228 g/mol. The maximum atomic E-state index is 11.6. The molecular weight excluding hydrogens is 212 g/mol. The van der Waals surface area contributed by atoms with Gasteiger partial charge in [-0.15, -0.1) is 0 Å². The lowest BCUT2D eigenvalue weighted by Gasteiger charge is -2.05. The van der Waals surface area contributed by atoms with Crippen LogP contribution in [0.1, 0.15) is 26.2 Å². The number of carbonyl (C=O) groups excluding carboxylic acids is 1. The predicted molar refractivity (Wildman–Crippen MR) is 69.9 cm³/mol. The second-order valence-electron chi connectivity index (χ2n) is 4.07. The van der Waals surface area contributed by atoms with Crippen LogP contribution in [0.5, 0.6) is 0 Å². The van der Waals surface area contributed by atoms with Crippen molar-refractivity contribution in [1.29, 1.82) is 0 Å². The number of fused-ring (bicyclic) bond motifs is 1. The summed E-state index contributed by atoms with van der Waals surface area (Å²) >= 11 is 0. The molecule has 2 rings (SSSR count). The van der Waals surface area contributed by atoms with Crippen molar-refractivity contribution in [3.63, 3.8) is 0 Å². The second kappa shape index (κ2) is 5.43. The number of amides is 1. The van der Waals surface area contributed by atoms with E-state index < -0.39 is 0 Å². The van der Waals surface area contributed by atoms with Gasteiger partial charge in [-0.25, -0.2) is 0 Å². The van der Waals surface area contributed by atoms with Gasteiger partial charge < -0.3 is 5.32 Å². The highest BCUT2D eigenvalue weighted by Gasteiger charge is 2.02. The van der Waals surface area contributed by atoms with Crippen LogP contribution in [-0.4, -0.2) is 10.9 Å². The van der Waals surface area contributed by atoms with Crippen LogP contribution in [0.2, 0.25) is 0 Å². The maximum Gasteiger partial charge on any atom is 0.224 e. The third kappa shape index (κ3) is 3.03. The van der Waals surface area contributed by atoms with Crippen LogP contribution in [0.4, 0.5) is 5.69 Å². The van der Waals surface area contributed by atoms with Crippen molar-refractivity contribution in [1.82, 2.24) is 4.98 Å². The molecule has 1 aromatic carbocycles. The Bertz CT molecular complexity index is 522. The molecule has 0 aliphatic rings. The Morgan fingerprint density at radius 2 is 2.18 bits per heavy atom. The molecule has 1 heterocycles. The van der Waals surface area contributed by atoms with E-state index >= 15 is 0 Å². The van der Waals surface area contributed by atoms with Crippen molar-refractivity contribution in [3.8, 4) is 0 Å². The summed E-state index contributed by atoms with van der Waals surface area (Å²) in [4.78, 5) is 15.9. The summed E-state index contributed by atoms with van der Waals surface area (Å²) in [6, 6.07) is 9.82. The number of carbonyl (C=O) groups is 1. The third-order valence-corrected chi connectivity index (χ3v) is 2.63. The van der Waals surface area contributed by atoms with E-state index in [0.717, 1.165) is 29.4 Å². The molecule has 1 N–H and O–H groups in total. The molecule has 3 nitrogen and oxygen atoms in total. The lowest BCUT2D eigenvalue weighted by atomic mass is 10.2. The quantitative estimate of drug-likeness (QED) is 0.871. The average Bonchev–Trinajstić information content (AvgIpc) is 2.36. The molecule has 0 unspecified atom stereocenters. The molecule has 0 spiro atoms. The van der Waals surface area contributed by atoms with E-state index in [1.54, 1.807) is 6.20 Å². The van der Waals surface area contributed by atoms with Gasteiger partial charge in [0.25, 0.3) is 0 Å². The molecule has 2 aromatic rings. The highest BCUT2D eigenvalue weighted by Crippen LogP contribution is 2.16. The van der Waals surface area contributed by atoms with E-state index in [1.165, 1.54) is 0 Å². The van der Waals surface area contributed by atoms with Crippen LogP contribution in [0.15, 0.2) is 36.5 Å². The molecule has 0 radical (unpaired) electrons. The molecule has 0 atom stereocenters. The van der Waals surface area contributed by atoms with Crippen molar-refractivity contribution < 1.29 is 4.79 Å². The Morgan fingerprint density at radius 3 is 3.00 bits per heavy atom. The largest absolute Gasteiger partial charge is 0.325 e. The van der Waals surface area contributed by atoms with Crippen molar-refractivity contribution in [2.24, 2.45) is 0 Å². The van der Waals surface area contributed by atoms with E-state index in [0.29, 0.717) is 6.42 Å². The summed E-state index contributed by atoms with van der Waals surface area (Å²) in [6.07, 6.45) is 4.23. The van der Waals surface area contributed by atoms with E-state index in [-0.39, 0.29) is 5.91 Å². The Balaban J connectivity index is 2.11. The number of anilines is 1. The Labute approximate surface area is 101 Å². The number of unbranched alkanes of at least 4 members (excludes halogenated alkanes) is 1. The molecule has 3 heteroatoms. The minimum Gasteiger partial charge on any atom is -0.325 e. The first-order valence-corrected chi connectivity index (χ1v) is 5.94. The first kappa shape index (κ1) is 11.6. The number of pyridine rings is 1. The van der Waals surface area contributed by atoms with Crippen LogP contribution in [0.25, 0.3) is 10.9 Å². The number of benzene rings is 1. The minimum absolute atomic E-state index is 0.0592. The van der Waals surface area contributed by atoms with Gasteiger partial charge in [-0.1, -0.05) is 31.5 Å². The second-order valence-corrected chi connectivity index (χ2v) is 4.07. The van der Waals surface area contributed by atoms with Crippen molar-refractivity contribution in [2.75, 3.05) is 5.32 Å². The van der Waals surface area contributed by atoms with Gasteiger partial charge in [0.05, 0.1) is 17.4 Å². The van der Waals surface area contributed by atoms with Crippen LogP contribution < -0.4 is 5.32 Å². The molecule has 0 bridgehead atoms. The number of hydrogen-bond donors (Lipinski definition) is 1. The van der Waals surface area contributed by atoms with Crippen molar-refractivity contribution >= 4 is 22.5 Å². The molecule has 1 amide bonds. The fourth-order valence-corrected chi connectivity index (χ4v) is 1.70. The van der Waals surface area contributed by atoms with Crippen molar-refractivity contribution in [3.05, 3.63) is 36.5 Å². The SMILES string of the molecule is CCCCC(=O)Nc1cnc2ccccc2c1. The summed E-state index contributed by atoms with van der Waals surface area (Å²) in [7, 11) is 0. The Morgan fingerprint density at radius 1 is 1.35 bits per heavy atom. The average molecular weight is 228 g/mol. The molecule has 0 aliphatic heterocycles. The molecule has 88 valence electrons. The summed E-state index contributed by atoms with van der Waals surface area (Å²) < 4.78 is 0. The maximum absolute atomic E-state index is 11.6. The van der Waals surface area contributed by atoms with Gasteiger partial charge in [0, 0.05) is 11.8 Å². The van der Waals surface area contributed by atoms with Crippen LogP contribution in [-0.2, 0) is 4.79 Å². The first-order valence-electron chi connectivity index (χ1n) is 5.94. The van der Waals surface area contributed by atoms with Crippen molar-refractivity contribution in [2.45, 2.75) is 26.2 Å². The van der Waals surface area contributed by atoms with Gasteiger partial charge in [0.2, 0.25) is 5.91 Å². The van der Waals surface area contributed by atoms with E-state index in [4.69, 9.17) is 0 Å². The number of nitrogens with one attached hydrogen (secondary N) is 1. The smallest absolute Gasteiger partial charge is 0.224 e. The molecule has 1 aromatic heterocycles. The summed E-state index contributed by atoms with van der Waals surface area (Å²) in [6.45, 7) is 2.07. The molecule has 0 saturated heterocycles. The zero-order chi connectivity index (χ0) is 12.1. The van der Waals surface area contributed by atoms with Gasteiger partial charge in [-0.05, 0) is 18.6 Å². The molecular formula is C14H16N2O. The Kier molecular flexibility index (Phi) is 3.70. The summed E-state index contributed by atoms with van der Waals surface area (Å²) in [5, 5.41) is 3.91.